The molecule has 3 aromatic rings. The van der Waals surface area contributed by atoms with Gasteiger partial charge in [-0.25, -0.2) is 0 Å². The van der Waals surface area contributed by atoms with Gasteiger partial charge in [-0.2, -0.15) is 0 Å². The zero-order chi connectivity index (χ0) is 24.5. The van der Waals surface area contributed by atoms with Gasteiger partial charge in [0.15, 0.2) is 6.23 Å². The minimum absolute atomic E-state index is 0.0980. The second-order valence-corrected chi connectivity index (χ2v) is 8.24. The maximum absolute atomic E-state index is 11.2. The van der Waals surface area contributed by atoms with Crippen LogP contribution >= 0.6 is 0 Å². The number of ether oxygens (including phenoxy) is 2. The largest absolute Gasteiger partial charge is 0.488 e. The van der Waals surface area contributed by atoms with E-state index in [0.717, 1.165) is 28.2 Å². The first-order chi connectivity index (χ1) is 17.1. The van der Waals surface area contributed by atoms with Crippen LogP contribution in [0.4, 0.5) is 0 Å². The third-order valence-corrected chi connectivity index (χ3v) is 5.60. The van der Waals surface area contributed by atoms with Crippen LogP contribution in [-0.4, -0.2) is 30.0 Å². The van der Waals surface area contributed by atoms with Gasteiger partial charge in [-0.1, -0.05) is 78.0 Å². The highest BCUT2D eigenvalue weighted by Crippen LogP contribution is 2.27. The molecule has 0 spiro atoms. The molecule has 0 saturated carbocycles. The lowest BCUT2D eigenvalue weighted by atomic mass is 10.1. The molecule has 2 unspecified atom stereocenters. The molecule has 0 saturated heterocycles. The second kappa shape index (κ2) is 11.9. The van der Waals surface area contributed by atoms with Crippen molar-refractivity contribution in [2.45, 2.75) is 38.7 Å². The van der Waals surface area contributed by atoms with Crippen LogP contribution in [0, 0.1) is 0 Å². The third-order valence-electron chi connectivity index (χ3n) is 5.60. The van der Waals surface area contributed by atoms with Gasteiger partial charge in [0.1, 0.15) is 19.0 Å². The Labute approximate surface area is 205 Å². The summed E-state index contributed by atoms with van der Waals surface area (Å²) in [4.78, 5) is 21.5. The summed E-state index contributed by atoms with van der Waals surface area (Å²) in [5, 5.41) is 4.26. The number of nitrogens with two attached hydrogens (primary N) is 1. The van der Waals surface area contributed by atoms with Crippen LogP contribution < -0.4 is 10.5 Å². The summed E-state index contributed by atoms with van der Waals surface area (Å²) in [6, 6.07) is 27.2. The van der Waals surface area contributed by atoms with E-state index in [4.69, 9.17) is 20.0 Å². The summed E-state index contributed by atoms with van der Waals surface area (Å²) in [6.45, 7) is 2.65. The van der Waals surface area contributed by atoms with Gasteiger partial charge >= 0.3 is 0 Å². The Bertz CT molecular complexity index is 1160. The molecule has 0 aromatic heterocycles. The first kappa shape index (κ1) is 24.2. The van der Waals surface area contributed by atoms with Crippen molar-refractivity contribution in [1.82, 2.24) is 0 Å². The number of amides is 1. The average Bonchev–Trinajstić information content (AvgIpc) is 3.27. The van der Waals surface area contributed by atoms with Crippen molar-refractivity contribution < 1.29 is 19.1 Å². The van der Waals surface area contributed by atoms with Gasteiger partial charge in [-0.05, 0) is 30.2 Å². The summed E-state index contributed by atoms with van der Waals surface area (Å²) in [6.07, 6.45) is 0.251. The lowest BCUT2D eigenvalue weighted by molar-refractivity contribution is -0.117. The normalized spacial score (nSPS) is 17.6. The number of hydrogen-bond acceptors (Lipinski definition) is 6. The molecule has 3 aromatic carbocycles. The highest BCUT2D eigenvalue weighted by atomic mass is 16.6. The monoisotopic (exact) mass is 471 g/mol. The fourth-order valence-electron chi connectivity index (χ4n) is 3.62. The SMILES string of the molecule is CC1OC(c2ccccc2)N=C1COc1ccc(CO/N=C(\CCC(N)=O)c2ccccc2)cc1. The Morgan fingerprint density at radius 1 is 0.943 bits per heavy atom. The minimum atomic E-state index is -0.371. The summed E-state index contributed by atoms with van der Waals surface area (Å²) in [7, 11) is 0. The molecule has 0 fully saturated rings. The quantitative estimate of drug-likeness (QED) is 0.321. The van der Waals surface area contributed by atoms with Crippen LogP contribution in [0.2, 0.25) is 0 Å². The standard InChI is InChI=1S/C28H29N3O4/c1-20-26(30-28(35-20)23-10-6-3-7-11-23)19-33-24-14-12-21(13-15-24)18-34-31-25(16-17-27(29)32)22-8-4-2-5-9-22/h2-15,20,28H,16-19H2,1H3,(H2,29,32)/b31-25+. The summed E-state index contributed by atoms with van der Waals surface area (Å²) < 4.78 is 11.9. The van der Waals surface area contributed by atoms with Crippen molar-refractivity contribution in [3.63, 3.8) is 0 Å². The van der Waals surface area contributed by atoms with Crippen LogP contribution in [-0.2, 0) is 21.0 Å². The highest BCUT2D eigenvalue weighted by molar-refractivity contribution is 6.01. The number of rotatable bonds is 11. The number of nitrogens with zero attached hydrogens (tertiary/aromatic N) is 2. The molecular formula is C28H29N3O4. The minimum Gasteiger partial charge on any atom is -0.488 e. The molecule has 7 nitrogen and oxygen atoms in total. The van der Waals surface area contributed by atoms with E-state index < -0.39 is 0 Å². The van der Waals surface area contributed by atoms with E-state index in [0.29, 0.717) is 25.3 Å². The molecule has 1 heterocycles. The Kier molecular flexibility index (Phi) is 8.25. The number of primary amides is 1. The van der Waals surface area contributed by atoms with E-state index in [1.165, 1.54) is 0 Å². The van der Waals surface area contributed by atoms with E-state index in [1.807, 2.05) is 91.9 Å². The Balaban J connectivity index is 1.30. The van der Waals surface area contributed by atoms with Gasteiger partial charge in [0.25, 0.3) is 0 Å². The molecule has 1 aliphatic rings. The summed E-state index contributed by atoms with van der Waals surface area (Å²) in [5.41, 5.74) is 9.75. The summed E-state index contributed by atoms with van der Waals surface area (Å²) >= 11 is 0. The van der Waals surface area contributed by atoms with Crippen LogP contribution in [0.3, 0.4) is 0 Å². The number of carbonyl (C=O) groups is 1. The van der Waals surface area contributed by atoms with Gasteiger partial charge in [0.2, 0.25) is 5.91 Å². The Morgan fingerprint density at radius 2 is 1.63 bits per heavy atom. The fourth-order valence-corrected chi connectivity index (χ4v) is 3.62. The van der Waals surface area contributed by atoms with Crippen molar-refractivity contribution in [2.75, 3.05) is 6.61 Å². The van der Waals surface area contributed by atoms with Gasteiger partial charge in [0, 0.05) is 18.4 Å². The van der Waals surface area contributed by atoms with Gasteiger partial charge in [-0.15, -0.1) is 0 Å². The van der Waals surface area contributed by atoms with Crippen LogP contribution in [0.15, 0.2) is 95.1 Å². The Morgan fingerprint density at radius 3 is 2.31 bits per heavy atom. The van der Waals surface area contributed by atoms with Crippen molar-refractivity contribution in [3.05, 3.63) is 102 Å². The van der Waals surface area contributed by atoms with Crippen molar-refractivity contribution in [1.29, 1.82) is 0 Å². The van der Waals surface area contributed by atoms with Gasteiger partial charge in [0.05, 0.1) is 17.5 Å². The van der Waals surface area contributed by atoms with Crippen molar-refractivity contribution in [2.24, 2.45) is 15.9 Å². The fraction of sp³-hybridized carbons (Fsp3) is 0.250. The van der Waals surface area contributed by atoms with E-state index in [-0.39, 0.29) is 24.7 Å². The number of benzene rings is 3. The first-order valence-corrected chi connectivity index (χ1v) is 11.6. The molecule has 7 heteroatoms. The lowest BCUT2D eigenvalue weighted by Gasteiger charge is -2.11. The maximum Gasteiger partial charge on any atom is 0.217 e. The molecule has 35 heavy (non-hydrogen) atoms. The van der Waals surface area contributed by atoms with Gasteiger partial charge in [-0.3, -0.25) is 9.79 Å². The topological polar surface area (TPSA) is 95.5 Å². The van der Waals surface area contributed by atoms with E-state index in [2.05, 4.69) is 10.1 Å². The molecule has 4 rings (SSSR count). The second-order valence-electron chi connectivity index (χ2n) is 8.24. The van der Waals surface area contributed by atoms with E-state index >= 15 is 0 Å². The maximum atomic E-state index is 11.2. The highest BCUT2D eigenvalue weighted by Gasteiger charge is 2.26. The first-order valence-electron chi connectivity index (χ1n) is 11.6. The summed E-state index contributed by atoms with van der Waals surface area (Å²) in [5.74, 6) is 0.367. The van der Waals surface area contributed by atoms with Crippen LogP contribution in [0.1, 0.15) is 42.7 Å². The predicted octanol–water partition coefficient (Wildman–Crippen LogP) is 4.81. The van der Waals surface area contributed by atoms with Crippen LogP contribution in [0.5, 0.6) is 5.75 Å². The zero-order valence-electron chi connectivity index (χ0n) is 19.7. The average molecular weight is 472 g/mol. The lowest BCUT2D eigenvalue weighted by Crippen LogP contribution is -2.21. The number of hydrogen-bond donors (Lipinski definition) is 1. The molecule has 0 radical (unpaired) electrons. The van der Waals surface area contributed by atoms with Crippen molar-refractivity contribution >= 4 is 17.3 Å². The molecule has 1 amide bonds. The van der Waals surface area contributed by atoms with Gasteiger partial charge < -0.3 is 20.0 Å². The van der Waals surface area contributed by atoms with Crippen molar-refractivity contribution in [3.8, 4) is 5.75 Å². The predicted molar refractivity (Wildman–Crippen MR) is 135 cm³/mol. The molecule has 2 N–H and O–H groups in total. The number of oxime groups is 1. The smallest absolute Gasteiger partial charge is 0.217 e. The molecule has 0 aliphatic carbocycles. The molecular weight excluding hydrogens is 442 g/mol. The molecule has 0 bridgehead atoms. The van der Waals surface area contributed by atoms with E-state index in [1.54, 1.807) is 0 Å². The molecule has 180 valence electrons. The molecule has 1 aliphatic heterocycles. The molecule has 2 atom stereocenters. The number of aliphatic imine (C=N–C) groups is 1. The number of carbonyl (C=O) groups excluding carboxylic acids is 1. The van der Waals surface area contributed by atoms with E-state index in [9.17, 15) is 4.79 Å². The zero-order valence-corrected chi connectivity index (χ0v) is 19.7. The Hall–Kier alpha value is -3.97. The van der Waals surface area contributed by atoms with Crippen LogP contribution in [0.25, 0.3) is 0 Å². The third kappa shape index (κ3) is 7.01.